The number of ether oxygens (including phenoxy) is 2. The Morgan fingerprint density at radius 2 is 2.00 bits per heavy atom. The molecule has 3 aromatic rings. The lowest BCUT2D eigenvalue weighted by Crippen LogP contribution is -2.12. The quantitative estimate of drug-likeness (QED) is 0.614. The van der Waals surface area contributed by atoms with E-state index in [1.165, 1.54) is 0 Å². The summed E-state index contributed by atoms with van der Waals surface area (Å²) in [7, 11) is 0. The molecule has 0 aliphatic rings. The predicted molar refractivity (Wildman–Crippen MR) is 100.0 cm³/mol. The maximum absolute atomic E-state index is 11.5. The molecule has 0 aliphatic heterocycles. The number of primary amides is 1. The van der Waals surface area contributed by atoms with Crippen molar-refractivity contribution in [1.82, 2.24) is 15.4 Å². The molecule has 1 amide bonds. The van der Waals surface area contributed by atoms with E-state index in [1.54, 1.807) is 18.2 Å². The highest BCUT2D eigenvalue weighted by molar-refractivity contribution is 9.10. The van der Waals surface area contributed by atoms with Gasteiger partial charge in [-0.1, -0.05) is 28.1 Å². The third-order valence-corrected chi connectivity index (χ3v) is 4.07. The van der Waals surface area contributed by atoms with Crippen LogP contribution in [0.1, 0.15) is 23.0 Å². The standard InChI is InChI=1S/C18H17BrN4O3/c1-2-25-15-9-12(16-17(18(20)24)22-23-21-16)6-7-14(15)26-10-11-4-3-5-13(19)8-11/h3-9H,2,10H2,1H3,(H2,20,24)(H,21,22,23). The first-order valence-corrected chi connectivity index (χ1v) is 8.72. The Kier molecular flexibility index (Phi) is 5.52. The van der Waals surface area contributed by atoms with E-state index >= 15 is 0 Å². The predicted octanol–water partition coefficient (Wildman–Crippen LogP) is 3.31. The van der Waals surface area contributed by atoms with Crippen molar-refractivity contribution in [3.63, 3.8) is 0 Å². The summed E-state index contributed by atoms with van der Waals surface area (Å²) in [5.74, 6) is 0.500. The van der Waals surface area contributed by atoms with Crippen LogP contribution in [0, 0.1) is 0 Å². The number of halogens is 1. The van der Waals surface area contributed by atoms with Gasteiger partial charge in [-0.05, 0) is 42.8 Å². The summed E-state index contributed by atoms with van der Waals surface area (Å²) in [4.78, 5) is 11.5. The van der Waals surface area contributed by atoms with Crippen LogP contribution in [0.2, 0.25) is 0 Å². The summed E-state index contributed by atoms with van der Waals surface area (Å²) < 4.78 is 12.6. The Bertz CT molecular complexity index is 926. The summed E-state index contributed by atoms with van der Waals surface area (Å²) >= 11 is 3.44. The fourth-order valence-electron chi connectivity index (χ4n) is 2.43. The largest absolute Gasteiger partial charge is 0.490 e. The van der Waals surface area contributed by atoms with E-state index in [0.29, 0.717) is 36.0 Å². The van der Waals surface area contributed by atoms with E-state index < -0.39 is 5.91 Å². The first-order valence-electron chi connectivity index (χ1n) is 7.93. The van der Waals surface area contributed by atoms with Gasteiger partial charge in [0.05, 0.1) is 6.61 Å². The van der Waals surface area contributed by atoms with Crippen molar-refractivity contribution in [3.8, 4) is 22.8 Å². The second kappa shape index (κ2) is 8.01. The Balaban J connectivity index is 1.87. The highest BCUT2D eigenvalue weighted by atomic mass is 79.9. The number of carbonyl (C=O) groups excluding carboxylic acids is 1. The molecule has 0 aliphatic carbocycles. The van der Waals surface area contributed by atoms with Gasteiger partial charge in [0, 0.05) is 10.0 Å². The van der Waals surface area contributed by atoms with Crippen molar-refractivity contribution in [2.45, 2.75) is 13.5 Å². The molecule has 8 heteroatoms. The molecule has 0 radical (unpaired) electrons. The fraction of sp³-hybridized carbons (Fsp3) is 0.167. The molecule has 0 fully saturated rings. The Labute approximate surface area is 158 Å². The van der Waals surface area contributed by atoms with Gasteiger partial charge in [-0.3, -0.25) is 4.79 Å². The lowest BCUT2D eigenvalue weighted by molar-refractivity contribution is 0.0996. The summed E-state index contributed by atoms with van der Waals surface area (Å²) in [6, 6.07) is 13.2. The van der Waals surface area contributed by atoms with Gasteiger partial charge in [-0.25, -0.2) is 0 Å². The summed E-state index contributed by atoms with van der Waals surface area (Å²) in [6.45, 7) is 2.75. The highest BCUT2D eigenvalue weighted by Crippen LogP contribution is 2.33. The molecule has 0 saturated heterocycles. The summed E-state index contributed by atoms with van der Waals surface area (Å²) in [5, 5.41) is 10.2. The van der Waals surface area contributed by atoms with Crippen LogP contribution in [0.5, 0.6) is 11.5 Å². The molecule has 0 bridgehead atoms. The van der Waals surface area contributed by atoms with Gasteiger partial charge < -0.3 is 15.2 Å². The lowest BCUT2D eigenvalue weighted by atomic mass is 10.1. The minimum Gasteiger partial charge on any atom is -0.490 e. The molecule has 134 valence electrons. The van der Waals surface area contributed by atoms with Gasteiger partial charge in [-0.15, -0.1) is 0 Å². The smallest absolute Gasteiger partial charge is 0.271 e. The van der Waals surface area contributed by atoms with Crippen LogP contribution in [0.3, 0.4) is 0 Å². The third kappa shape index (κ3) is 4.02. The Hall–Kier alpha value is -2.87. The van der Waals surface area contributed by atoms with Crippen molar-refractivity contribution < 1.29 is 14.3 Å². The van der Waals surface area contributed by atoms with E-state index in [9.17, 15) is 4.79 Å². The molecular weight excluding hydrogens is 400 g/mol. The SMILES string of the molecule is CCOc1cc(-c2n[nH]nc2C(N)=O)ccc1OCc1cccc(Br)c1. The van der Waals surface area contributed by atoms with Crippen molar-refractivity contribution >= 4 is 21.8 Å². The number of H-pyrrole nitrogens is 1. The first-order chi connectivity index (χ1) is 12.6. The lowest BCUT2D eigenvalue weighted by Gasteiger charge is -2.13. The average molecular weight is 417 g/mol. The first kappa shape index (κ1) is 17.9. The minimum absolute atomic E-state index is 0.0789. The molecule has 0 saturated carbocycles. The number of amides is 1. The molecule has 1 aromatic heterocycles. The molecule has 1 heterocycles. The molecule has 3 rings (SSSR count). The number of carbonyl (C=O) groups is 1. The highest BCUT2D eigenvalue weighted by Gasteiger charge is 2.17. The number of hydrogen-bond donors (Lipinski definition) is 2. The van der Waals surface area contributed by atoms with Crippen LogP contribution in [-0.2, 0) is 6.61 Å². The monoisotopic (exact) mass is 416 g/mol. The number of nitrogens with zero attached hydrogens (tertiary/aromatic N) is 2. The minimum atomic E-state index is -0.651. The average Bonchev–Trinajstić information content (AvgIpc) is 3.11. The number of rotatable bonds is 7. The van der Waals surface area contributed by atoms with Crippen LogP contribution >= 0.6 is 15.9 Å². The molecule has 26 heavy (non-hydrogen) atoms. The number of aromatic amines is 1. The van der Waals surface area contributed by atoms with Crippen molar-refractivity contribution in [2.24, 2.45) is 5.73 Å². The normalized spacial score (nSPS) is 10.5. The zero-order valence-electron chi connectivity index (χ0n) is 14.0. The zero-order chi connectivity index (χ0) is 18.5. The van der Waals surface area contributed by atoms with Crippen molar-refractivity contribution in [3.05, 3.63) is 58.2 Å². The molecule has 0 atom stereocenters. The number of hydrogen-bond acceptors (Lipinski definition) is 5. The molecule has 0 unspecified atom stereocenters. The van der Waals surface area contributed by atoms with E-state index in [0.717, 1.165) is 10.0 Å². The van der Waals surface area contributed by atoms with Crippen LogP contribution in [-0.4, -0.2) is 27.9 Å². The van der Waals surface area contributed by atoms with Gasteiger partial charge >= 0.3 is 0 Å². The topological polar surface area (TPSA) is 103 Å². The molecule has 0 spiro atoms. The molecular formula is C18H17BrN4O3. The van der Waals surface area contributed by atoms with Crippen LogP contribution in [0.15, 0.2) is 46.9 Å². The van der Waals surface area contributed by atoms with Gasteiger partial charge in [0.2, 0.25) is 0 Å². The fourth-order valence-corrected chi connectivity index (χ4v) is 2.88. The van der Waals surface area contributed by atoms with Gasteiger partial charge in [0.1, 0.15) is 12.3 Å². The van der Waals surface area contributed by atoms with E-state index in [1.807, 2.05) is 31.2 Å². The molecule has 2 aromatic carbocycles. The molecule has 7 nitrogen and oxygen atoms in total. The van der Waals surface area contributed by atoms with E-state index in [4.69, 9.17) is 15.2 Å². The Morgan fingerprint density at radius 1 is 1.15 bits per heavy atom. The summed E-state index contributed by atoms with van der Waals surface area (Å²) in [5.41, 5.74) is 7.46. The number of benzene rings is 2. The van der Waals surface area contributed by atoms with E-state index in [2.05, 4.69) is 31.3 Å². The third-order valence-electron chi connectivity index (χ3n) is 3.58. The second-order valence-corrected chi connectivity index (χ2v) is 6.31. The number of nitrogens with one attached hydrogen (secondary N) is 1. The van der Waals surface area contributed by atoms with Crippen LogP contribution < -0.4 is 15.2 Å². The zero-order valence-corrected chi connectivity index (χ0v) is 15.6. The summed E-state index contributed by atoms with van der Waals surface area (Å²) in [6.07, 6.45) is 0. The number of aromatic nitrogens is 3. The maximum atomic E-state index is 11.5. The maximum Gasteiger partial charge on any atom is 0.271 e. The number of nitrogens with two attached hydrogens (primary N) is 1. The van der Waals surface area contributed by atoms with E-state index in [-0.39, 0.29) is 5.69 Å². The van der Waals surface area contributed by atoms with Crippen molar-refractivity contribution in [1.29, 1.82) is 0 Å². The molecule has 3 N–H and O–H groups in total. The van der Waals surface area contributed by atoms with Gasteiger partial charge in [0.15, 0.2) is 17.2 Å². The van der Waals surface area contributed by atoms with Crippen LogP contribution in [0.4, 0.5) is 0 Å². The van der Waals surface area contributed by atoms with Gasteiger partial charge in [0.25, 0.3) is 5.91 Å². The Morgan fingerprint density at radius 3 is 2.73 bits per heavy atom. The second-order valence-electron chi connectivity index (χ2n) is 5.40. The van der Waals surface area contributed by atoms with Gasteiger partial charge in [-0.2, -0.15) is 15.4 Å². The van der Waals surface area contributed by atoms with Crippen LogP contribution in [0.25, 0.3) is 11.3 Å². The van der Waals surface area contributed by atoms with Crippen molar-refractivity contribution in [2.75, 3.05) is 6.61 Å².